The lowest BCUT2D eigenvalue weighted by Crippen LogP contribution is -2.14. The third kappa shape index (κ3) is 3.55. The van der Waals surface area contributed by atoms with Crippen LogP contribution in [-0.2, 0) is 10.0 Å². The third-order valence-electron chi connectivity index (χ3n) is 2.44. The lowest BCUT2D eigenvalue weighted by molar-refractivity contribution is 0.600. The van der Waals surface area contributed by atoms with E-state index in [9.17, 15) is 8.42 Å². The van der Waals surface area contributed by atoms with Crippen molar-refractivity contribution in [2.75, 3.05) is 10.5 Å². The van der Waals surface area contributed by atoms with E-state index in [2.05, 4.69) is 52.5 Å². The first-order valence-corrected chi connectivity index (χ1v) is 9.19. The Morgan fingerprint density at radius 2 is 1.55 bits per heavy atom. The first-order valence-electron chi connectivity index (χ1n) is 5.32. The number of sulfonamides is 1. The van der Waals surface area contributed by atoms with E-state index in [0.29, 0.717) is 20.3 Å². The summed E-state index contributed by atoms with van der Waals surface area (Å²) in [6.07, 6.45) is 0. The maximum atomic E-state index is 12.4. The molecule has 0 unspecified atom stereocenters. The van der Waals surface area contributed by atoms with E-state index >= 15 is 0 Å². The topological polar surface area (TPSA) is 72.2 Å². The molecule has 0 saturated heterocycles. The number of rotatable bonds is 3. The van der Waals surface area contributed by atoms with Gasteiger partial charge in [-0.25, -0.2) is 8.42 Å². The van der Waals surface area contributed by atoms with Gasteiger partial charge in [-0.3, -0.25) is 4.72 Å². The number of halogens is 3. The van der Waals surface area contributed by atoms with Crippen molar-refractivity contribution in [3.63, 3.8) is 0 Å². The summed E-state index contributed by atoms with van der Waals surface area (Å²) in [6, 6.07) is 9.86. The van der Waals surface area contributed by atoms with Gasteiger partial charge in [-0.05, 0) is 52.3 Å². The van der Waals surface area contributed by atoms with Crippen molar-refractivity contribution in [3.05, 3.63) is 49.8 Å². The average Bonchev–Trinajstić information content (AvgIpc) is 2.35. The van der Waals surface area contributed by atoms with E-state index < -0.39 is 10.0 Å². The minimum atomic E-state index is -3.72. The fourth-order valence-corrected chi connectivity index (χ4v) is 4.48. The number of benzene rings is 2. The fourth-order valence-electron chi connectivity index (χ4n) is 1.51. The largest absolute Gasteiger partial charge is 0.397 e. The highest BCUT2D eigenvalue weighted by atomic mass is 79.9. The van der Waals surface area contributed by atoms with Gasteiger partial charge in [0.1, 0.15) is 4.90 Å². The van der Waals surface area contributed by atoms with E-state index in [-0.39, 0.29) is 4.90 Å². The smallest absolute Gasteiger partial charge is 0.263 e. The molecule has 0 spiro atoms. The van der Waals surface area contributed by atoms with Gasteiger partial charge in [0.05, 0.1) is 11.4 Å². The number of nitrogen functional groups attached to an aromatic ring is 1. The molecule has 20 heavy (non-hydrogen) atoms. The highest BCUT2D eigenvalue weighted by molar-refractivity contribution is 9.11. The van der Waals surface area contributed by atoms with Gasteiger partial charge in [-0.15, -0.1) is 0 Å². The van der Waals surface area contributed by atoms with Crippen LogP contribution in [0.25, 0.3) is 0 Å². The van der Waals surface area contributed by atoms with Gasteiger partial charge in [0.25, 0.3) is 10.0 Å². The molecular formula is C12H9Br3N2O2S. The lowest BCUT2D eigenvalue weighted by Gasteiger charge is -2.12. The second kappa shape index (κ2) is 6.05. The van der Waals surface area contributed by atoms with Crippen molar-refractivity contribution < 1.29 is 8.42 Å². The van der Waals surface area contributed by atoms with Crippen molar-refractivity contribution in [3.8, 4) is 0 Å². The molecule has 0 radical (unpaired) electrons. The van der Waals surface area contributed by atoms with Crippen LogP contribution in [0.15, 0.2) is 54.7 Å². The van der Waals surface area contributed by atoms with Crippen LogP contribution in [0, 0.1) is 0 Å². The molecule has 0 fully saturated rings. The molecule has 106 valence electrons. The van der Waals surface area contributed by atoms with Crippen LogP contribution in [0.5, 0.6) is 0 Å². The zero-order valence-corrected chi connectivity index (χ0v) is 15.5. The van der Waals surface area contributed by atoms with Gasteiger partial charge in [-0.1, -0.05) is 31.9 Å². The highest BCUT2D eigenvalue weighted by Crippen LogP contribution is 2.30. The van der Waals surface area contributed by atoms with E-state index in [1.807, 2.05) is 0 Å². The van der Waals surface area contributed by atoms with E-state index in [0.717, 1.165) is 4.47 Å². The summed E-state index contributed by atoms with van der Waals surface area (Å²) in [5, 5.41) is 0. The van der Waals surface area contributed by atoms with Crippen molar-refractivity contribution in [1.29, 1.82) is 0 Å². The predicted molar refractivity (Wildman–Crippen MR) is 91.2 cm³/mol. The van der Waals surface area contributed by atoms with Gasteiger partial charge >= 0.3 is 0 Å². The van der Waals surface area contributed by atoms with Crippen LogP contribution in [0.1, 0.15) is 0 Å². The highest BCUT2D eigenvalue weighted by Gasteiger charge is 2.19. The fraction of sp³-hybridized carbons (Fsp3) is 0. The van der Waals surface area contributed by atoms with E-state index in [1.54, 1.807) is 30.3 Å². The molecule has 8 heteroatoms. The van der Waals surface area contributed by atoms with Crippen molar-refractivity contribution in [2.24, 2.45) is 0 Å². The zero-order chi connectivity index (χ0) is 14.9. The number of hydrogen-bond acceptors (Lipinski definition) is 3. The second-order valence-corrected chi connectivity index (χ2v) is 8.25. The Morgan fingerprint density at radius 3 is 2.20 bits per heavy atom. The van der Waals surface area contributed by atoms with Gasteiger partial charge in [0.2, 0.25) is 0 Å². The maximum absolute atomic E-state index is 12.4. The van der Waals surface area contributed by atoms with Gasteiger partial charge < -0.3 is 5.73 Å². The average molecular weight is 485 g/mol. The molecule has 2 aromatic carbocycles. The molecule has 0 atom stereocenters. The Hall–Kier alpha value is -0.570. The Balaban J connectivity index is 2.43. The Kier molecular flexibility index (Phi) is 4.78. The third-order valence-corrected chi connectivity index (χ3v) is 5.79. The molecule has 0 aliphatic carbocycles. The molecule has 0 bridgehead atoms. The van der Waals surface area contributed by atoms with Gasteiger partial charge in [0, 0.05) is 13.4 Å². The van der Waals surface area contributed by atoms with Crippen LogP contribution in [0.4, 0.5) is 11.4 Å². The lowest BCUT2D eigenvalue weighted by atomic mass is 10.3. The zero-order valence-electron chi connectivity index (χ0n) is 9.90. The molecule has 0 aliphatic rings. The molecule has 4 nitrogen and oxygen atoms in total. The SMILES string of the molecule is Nc1cc(Br)ccc1NS(=O)(=O)c1cc(Br)ccc1Br. The van der Waals surface area contributed by atoms with E-state index in [4.69, 9.17) is 5.73 Å². The molecule has 0 amide bonds. The van der Waals surface area contributed by atoms with Crippen LogP contribution < -0.4 is 10.5 Å². The Bertz CT molecular complexity index is 763. The normalized spacial score (nSPS) is 11.3. The van der Waals surface area contributed by atoms with Crippen molar-refractivity contribution in [2.45, 2.75) is 4.90 Å². The van der Waals surface area contributed by atoms with E-state index in [1.165, 1.54) is 6.07 Å². The second-order valence-electron chi connectivity index (χ2n) is 3.91. The Labute approximate surface area is 142 Å². The standard InChI is InChI=1S/C12H9Br3N2O2S/c13-7-2-4-11(10(16)5-7)17-20(18,19)12-6-8(14)1-3-9(12)15/h1-6,17H,16H2. The predicted octanol–water partition coefficient (Wildman–Crippen LogP) is 4.36. The number of anilines is 2. The summed E-state index contributed by atoms with van der Waals surface area (Å²) in [5.74, 6) is 0. The summed E-state index contributed by atoms with van der Waals surface area (Å²) in [5.41, 5.74) is 6.47. The van der Waals surface area contributed by atoms with Gasteiger partial charge in [-0.2, -0.15) is 0 Å². The summed E-state index contributed by atoms with van der Waals surface area (Å²) in [4.78, 5) is 0.134. The number of nitrogens with two attached hydrogens (primary N) is 1. The summed E-state index contributed by atoms with van der Waals surface area (Å²) >= 11 is 9.76. The maximum Gasteiger partial charge on any atom is 0.263 e. The molecule has 0 saturated carbocycles. The molecular weight excluding hydrogens is 476 g/mol. The molecule has 0 aromatic heterocycles. The van der Waals surface area contributed by atoms with Crippen LogP contribution in [0.2, 0.25) is 0 Å². The molecule has 0 heterocycles. The minimum absolute atomic E-state index is 0.134. The number of nitrogens with one attached hydrogen (secondary N) is 1. The quantitative estimate of drug-likeness (QED) is 0.636. The summed E-state index contributed by atoms with van der Waals surface area (Å²) in [6.45, 7) is 0. The molecule has 2 rings (SSSR count). The van der Waals surface area contributed by atoms with Crippen LogP contribution in [0.3, 0.4) is 0 Å². The molecule has 3 N–H and O–H groups in total. The first-order chi connectivity index (χ1) is 9.29. The first kappa shape index (κ1) is 15.8. The molecule has 0 aliphatic heterocycles. The summed E-state index contributed by atoms with van der Waals surface area (Å²) in [7, 11) is -3.72. The van der Waals surface area contributed by atoms with Gasteiger partial charge in [0.15, 0.2) is 0 Å². The minimum Gasteiger partial charge on any atom is -0.397 e. The monoisotopic (exact) mass is 482 g/mol. The number of hydrogen-bond donors (Lipinski definition) is 2. The van der Waals surface area contributed by atoms with Crippen LogP contribution in [-0.4, -0.2) is 8.42 Å². The van der Waals surface area contributed by atoms with Crippen molar-refractivity contribution in [1.82, 2.24) is 0 Å². The Morgan fingerprint density at radius 1 is 0.950 bits per heavy atom. The van der Waals surface area contributed by atoms with Crippen molar-refractivity contribution >= 4 is 69.2 Å². The summed E-state index contributed by atoms with van der Waals surface area (Å²) < 4.78 is 29.2. The van der Waals surface area contributed by atoms with Crippen LogP contribution >= 0.6 is 47.8 Å². The molecule has 2 aromatic rings.